The summed E-state index contributed by atoms with van der Waals surface area (Å²) in [5.41, 5.74) is -1.18. The Balaban J connectivity index is 0.000000280. The first-order chi connectivity index (χ1) is 12.6. The molecule has 2 aromatic rings. The van der Waals surface area contributed by atoms with E-state index in [2.05, 4.69) is 0 Å². The molecular weight excluding hydrogens is 485 g/mol. The third-order valence-corrected chi connectivity index (χ3v) is 5.57. The van der Waals surface area contributed by atoms with Gasteiger partial charge in [-0.05, 0) is 24.3 Å². The van der Waals surface area contributed by atoms with E-state index in [1.54, 1.807) is 0 Å². The van der Waals surface area contributed by atoms with Crippen molar-refractivity contribution in [3.8, 4) is 0 Å². The van der Waals surface area contributed by atoms with Crippen molar-refractivity contribution in [3.63, 3.8) is 0 Å². The Kier molecular flexibility index (Phi) is 7.70. The van der Waals surface area contributed by atoms with E-state index in [0.29, 0.717) is 0 Å². The normalized spacial score (nSPS) is 11.3. The van der Waals surface area contributed by atoms with Crippen LogP contribution in [0.2, 0.25) is 10.0 Å². The highest BCUT2D eigenvalue weighted by molar-refractivity contribution is 8.13. The van der Waals surface area contributed by atoms with Crippen molar-refractivity contribution < 1.29 is 26.7 Å². The minimum Gasteiger partial charge on any atom is -0.258 e. The summed E-state index contributed by atoms with van der Waals surface area (Å²) in [5, 5.41) is 25.7. The van der Waals surface area contributed by atoms with Crippen LogP contribution in [0.3, 0.4) is 0 Å². The van der Waals surface area contributed by atoms with Crippen molar-refractivity contribution in [1.82, 2.24) is 0 Å². The van der Waals surface area contributed by atoms with Gasteiger partial charge in [0.25, 0.3) is 20.4 Å². The second kappa shape index (κ2) is 8.98. The summed E-state index contributed by atoms with van der Waals surface area (Å²) in [5.74, 6) is 0. The molecule has 0 aliphatic heterocycles. The molecule has 11 nitrogen and oxygen atoms in total. The zero-order valence-electron chi connectivity index (χ0n) is 13.2. The van der Waals surface area contributed by atoms with E-state index in [1.165, 1.54) is 12.1 Å². The Morgan fingerprint density at radius 2 is 1.14 bits per heavy atom. The van der Waals surface area contributed by atoms with Crippen molar-refractivity contribution in [2.75, 3.05) is 0 Å². The van der Waals surface area contributed by atoms with Crippen molar-refractivity contribution in [2.45, 2.75) is 9.79 Å². The minimum absolute atomic E-state index is 0.0647. The number of benzene rings is 2. The van der Waals surface area contributed by atoms with Crippen molar-refractivity contribution in [2.24, 2.45) is 5.14 Å². The van der Waals surface area contributed by atoms with Gasteiger partial charge in [-0.1, -0.05) is 23.2 Å². The molecular formula is C12H8Cl3N3O8S2. The van der Waals surface area contributed by atoms with Crippen LogP contribution in [-0.2, 0) is 19.1 Å². The minimum atomic E-state index is -4.15. The standard InChI is InChI=1S/C6H3Cl2NO4S.C6H5ClN2O4S/c2*7-4-1-2-5(9(10)11)6(3-4)14(8,12)13/h1-3H;1-3H,(H2,8,12,13). The second-order valence-corrected chi connectivity index (χ2v) is 9.66. The van der Waals surface area contributed by atoms with Gasteiger partial charge in [0, 0.05) is 32.9 Å². The topological polar surface area (TPSA) is 181 Å². The Morgan fingerprint density at radius 3 is 1.46 bits per heavy atom. The van der Waals surface area contributed by atoms with Crippen LogP contribution < -0.4 is 5.14 Å². The Bertz CT molecular complexity index is 1060. The third kappa shape index (κ3) is 6.54. The summed E-state index contributed by atoms with van der Waals surface area (Å²) in [6.45, 7) is 0. The molecule has 0 aliphatic rings. The number of hydrogen-bond donors (Lipinski definition) is 1. The number of halogens is 3. The van der Waals surface area contributed by atoms with E-state index in [4.69, 9.17) is 39.0 Å². The predicted molar refractivity (Wildman–Crippen MR) is 101 cm³/mol. The lowest BCUT2D eigenvalue weighted by atomic mass is 10.3. The van der Waals surface area contributed by atoms with Crippen LogP contribution in [0.5, 0.6) is 0 Å². The Labute approximate surface area is 172 Å². The molecule has 0 radical (unpaired) electrons. The molecule has 0 saturated heterocycles. The van der Waals surface area contributed by atoms with E-state index in [-0.39, 0.29) is 10.0 Å². The fraction of sp³-hybridized carbons (Fsp3) is 0. The number of sulfonamides is 1. The smallest absolute Gasteiger partial charge is 0.258 e. The zero-order chi connectivity index (χ0) is 21.9. The molecule has 0 amide bonds. The fourth-order valence-electron chi connectivity index (χ4n) is 1.70. The molecule has 2 rings (SSSR count). The van der Waals surface area contributed by atoms with Gasteiger partial charge in [0.2, 0.25) is 10.0 Å². The molecule has 152 valence electrons. The number of primary sulfonamides is 1. The molecule has 0 saturated carbocycles. The van der Waals surface area contributed by atoms with Gasteiger partial charge in [0.05, 0.1) is 9.85 Å². The molecule has 16 heteroatoms. The number of nitro benzene ring substituents is 2. The molecule has 0 aliphatic carbocycles. The summed E-state index contributed by atoms with van der Waals surface area (Å²) < 4.78 is 43.7. The monoisotopic (exact) mass is 491 g/mol. The highest BCUT2D eigenvalue weighted by Crippen LogP contribution is 2.29. The van der Waals surface area contributed by atoms with E-state index >= 15 is 0 Å². The van der Waals surface area contributed by atoms with E-state index in [9.17, 15) is 37.1 Å². The van der Waals surface area contributed by atoms with Crippen LogP contribution in [-0.4, -0.2) is 26.7 Å². The highest BCUT2D eigenvalue weighted by atomic mass is 35.7. The summed E-state index contributed by atoms with van der Waals surface area (Å²) in [6, 6.07) is 6.27. The first-order valence-corrected chi connectivity index (χ1v) is 11.1. The molecule has 2 aromatic carbocycles. The maximum atomic E-state index is 10.9. The van der Waals surface area contributed by atoms with Gasteiger partial charge < -0.3 is 0 Å². The summed E-state index contributed by atoms with van der Waals surface area (Å²) in [4.78, 5) is 18.0. The molecule has 0 spiro atoms. The van der Waals surface area contributed by atoms with Gasteiger partial charge in [-0.2, -0.15) is 0 Å². The third-order valence-electron chi connectivity index (χ3n) is 2.81. The van der Waals surface area contributed by atoms with Crippen molar-refractivity contribution >= 4 is 64.3 Å². The van der Waals surface area contributed by atoms with Gasteiger partial charge in [-0.15, -0.1) is 0 Å². The Hall–Kier alpha value is -2.03. The average Bonchev–Trinajstić information content (AvgIpc) is 2.53. The van der Waals surface area contributed by atoms with Crippen LogP contribution >= 0.6 is 33.9 Å². The largest absolute Gasteiger partial charge is 0.289 e. The van der Waals surface area contributed by atoms with Crippen LogP contribution in [0.25, 0.3) is 0 Å². The van der Waals surface area contributed by atoms with Crippen LogP contribution in [0, 0.1) is 20.2 Å². The molecule has 2 N–H and O–H groups in total. The predicted octanol–water partition coefficient (Wildman–Crippen LogP) is 3.07. The summed E-state index contributed by atoms with van der Waals surface area (Å²) >= 11 is 11.0. The Morgan fingerprint density at radius 1 is 0.786 bits per heavy atom. The number of nitro groups is 2. The molecule has 28 heavy (non-hydrogen) atoms. The highest BCUT2D eigenvalue weighted by Gasteiger charge is 2.24. The van der Waals surface area contributed by atoms with E-state index in [0.717, 1.165) is 24.3 Å². The summed E-state index contributed by atoms with van der Waals surface area (Å²) in [7, 11) is -3.29. The molecule has 0 bridgehead atoms. The summed E-state index contributed by atoms with van der Waals surface area (Å²) in [6.07, 6.45) is 0. The van der Waals surface area contributed by atoms with Crippen LogP contribution in [0.4, 0.5) is 11.4 Å². The van der Waals surface area contributed by atoms with E-state index < -0.39 is 50.1 Å². The van der Waals surface area contributed by atoms with Crippen molar-refractivity contribution in [1.29, 1.82) is 0 Å². The SMILES string of the molecule is NS(=O)(=O)c1cc(Cl)ccc1[N+](=O)[O-].O=[N+]([O-])c1ccc(Cl)cc1S(=O)(=O)Cl. The number of rotatable bonds is 4. The second-order valence-electron chi connectivity index (χ2n) is 4.72. The van der Waals surface area contributed by atoms with E-state index in [1.807, 2.05) is 0 Å². The number of hydrogen-bond acceptors (Lipinski definition) is 8. The lowest BCUT2D eigenvalue weighted by Gasteiger charge is -1.99. The molecule has 0 unspecified atom stereocenters. The average molecular weight is 493 g/mol. The van der Waals surface area contributed by atoms with Gasteiger partial charge >= 0.3 is 0 Å². The molecule has 0 atom stereocenters. The quantitative estimate of drug-likeness (QED) is 0.384. The fourth-order valence-corrected chi connectivity index (χ4v) is 3.93. The molecule has 0 heterocycles. The van der Waals surface area contributed by atoms with Gasteiger partial charge in [-0.3, -0.25) is 20.2 Å². The number of nitrogens with two attached hydrogens (primary N) is 1. The first kappa shape index (κ1) is 24.0. The van der Waals surface area contributed by atoms with Crippen LogP contribution in [0.1, 0.15) is 0 Å². The zero-order valence-corrected chi connectivity index (χ0v) is 17.1. The lowest BCUT2D eigenvalue weighted by molar-refractivity contribution is -0.388. The molecule has 0 aromatic heterocycles. The lowest BCUT2D eigenvalue weighted by Crippen LogP contribution is -2.14. The maximum absolute atomic E-state index is 10.9. The maximum Gasteiger partial charge on any atom is 0.289 e. The van der Waals surface area contributed by atoms with Gasteiger partial charge in [0.1, 0.15) is 0 Å². The molecule has 0 fully saturated rings. The van der Waals surface area contributed by atoms with Crippen LogP contribution in [0.15, 0.2) is 46.2 Å². The number of nitrogens with zero attached hydrogens (tertiary/aromatic N) is 2. The van der Waals surface area contributed by atoms with Gasteiger partial charge in [-0.25, -0.2) is 22.0 Å². The van der Waals surface area contributed by atoms with Crippen molar-refractivity contribution in [3.05, 3.63) is 66.7 Å². The first-order valence-electron chi connectivity index (χ1n) is 6.50. The van der Waals surface area contributed by atoms with Gasteiger partial charge in [0.15, 0.2) is 9.79 Å².